The third-order valence-electron chi connectivity index (χ3n) is 0.156. The van der Waals surface area contributed by atoms with Gasteiger partial charge in [0, 0.05) is 0 Å². The maximum Gasteiger partial charge on any atom is 0.278 e. The lowest BCUT2D eigenvalue weighted by Crippen LogP contribution is -2.10. The summed E-state index contributed by atoms with van der Waals surface area (Å²) in [7, 11) is 0. The van der Waals surface area contributed by atoms with Gasteiger partial charge < -0.3 is 0 Å². The third-order valence-corrected chi connectivity index (χ3v) is 0.358. The minimum atomic E-state index is -2.43. The van der Waals surface area contributed by atoms with Gasteiger partial charge in [0.1, 0.15) is 0 Å². The molecular weight excluding hydrogens is 130 g/mol. The molecule has 0 fully saturated rings. The highest BCUT2D eigenvalue weighted by molar-refractivity contribution is 6.46. The molecule has 0 spiro atoms. The van der Waals surface area contributed by atoms with Crippen molar-refractivity contribution in [2.75, 3.05) is 6.67 Å². The fraction of sp³-hybridized carbons (Fsp3) is 1.00. The molecule has 6 heavy (non-hydrogen) atoms. The lowest BCUT2D eigenvalue weighted by Gasteiger charge is -1.97. The van der Waals surface area contributed by atoms with Crippen LogP contribution in [0.5, 0.6) is 0 Å². The molecule has 0 aliphatic rings. The van der Waals surface area contributed by atoms with Crippen molar-refractivity contribution in [3.63, 3.8) is 0 Å². The smallest absolute Gasteiger partial charge is 0.245 e. The second kappa shape index (κ2) is 1.96. The Balaban J connectivity index is 3.17. The third kappa shape index (κ3) is 4.47. The molecule has 0 aromatic carbocycles. The van der Waals surface area contributed by atoms with Crippen molar-refractivity contribution in [3.8, 4) is 0 Å². The molecule has 0 amide bonds. The molecule has 37 valence electrons. The normalized spacial score (nSPS) is 12.0. The molecule has 0 atom stereocenters. The summed E-state index contributed by atoms with van der Waals surface area (Å²) in [5.41, 5.74) is 0. The first-order chi connectivity index (χ1) is 2.56. The second-order valence-corrected chi connectivity index (χ2v) is 2.19. The van der Waals surface area contributed by atoms with E-state index in [9.17, 15) is 9.50 Å². The van der Waals surface area contributed by atoms with Crippen molar-refractivity contribution >= 4 is 23.2 Å². The highest BCUT2D eigenvalue weighted by Crippen LogP contribution is 2.16. The molecule has 0 heterocycles. The SMILES string of the molecule is [O]C(Cl)(Cl)CF. The van der Waals surface area contributed by atoms with E-state index in [1.54, 1.807) is 0 Å². The number of halogens is 3. The lowest BCUT2D eigenvalue weighted by atomic mass is 10.8. The summed E-state index contributed by atoms with van der Waals surface area (Å²) in [5, 5.41) is 9.63. The standard InChI is InChI=1S/C2H2Cl2FO/c3-2(4,6)1-5/h1H2. The summed E-state index contributed by atoms with van der Waals surface area (Å²) in [6.45, 7) is -1.25. The van der Waals surface area contributed by atoms with Gasteiger partial charge in [0.2, 0.25) is 0 Å². The van der Waals surface area contributed by atoms with Crippen LogP contribution in [0.15, 0.2) is 0 Å². The van der Waals surface area contributed by atoms with Gasteiger partial charge in [-0.15, -0.1) is 0 Å². The van der Waals surface area contributed by atoms with E-state index < -0.39 is 11.2 Å². The zero-order valence-electron chi connectivity index (χ0n) is 2.75. The first kappa shape index (κ1) is 6.47. The van der Waals surface area contributed by atoms with Crippen LogP contribution in [0.3, 0.4) is 0 Å². The maximum atomic E-state index is 10.9. The minimum Gasteiger partial charge on any atom is -0.245 e. The summed E-state index contributed by atoms with van der Waals surface area (Å²) >= 11 is 9.10. The van der Waals surface area contributed by atoms with Gasteiger partial charge in [-0.25, -0.2) is 4.39 Å². The quantitative estimate of drug-likeness (QED) is 0.482. The molecular formula is C2H2Cl2FO. The molecule has 0 saturated carbocycles. The molecule has 0 saturated heterocycles. The molecule has 0 aliphatic heterocycles. The van der Waals surface area contributed by atoms with Crippen LogP contribution >= 0.6 is 23.2 Å². The highest BCUT2D eigenvalue weighted by Gasteiger charge is 2.20. The molecule has 1 radical (unpaired) electrons. The average Bonchev–Trinajstić information content (AvgIpc) is 1.35. The van der Waals surface area contributed by atoms with Crippen molar-refractivity contribution in [2.45, 2.75) is 4.52 Å². The summed E-state index contributed by atoms with van der Waals surface area (Å²) in [6, 6.07) is 0. The van der Waals surface area contributed by atoms with Crippen molar-refractivity contribution in [2.24, 2.45) is 0 Å². The topological polar surface area (TPSA) is 19.9 Å². The molecule has 0 bridgehead atoms. The van der Waals surface area contributed by atoms with Crippen molar-refractivity contribution in [1.82, 2.24) is 0 Å². The van der Waals surface area contributed by atoms with E-state index in [2.05, 4.69) is 23.2 Å². The zero-order chi connectivity index (χ0) is 5.21. The Morgan fingerprint density at radius 3 is 1.83 bits per heavy atom. The number of alkyl halides is 3. The van der Waals surface area contributed by atoms with Crippen LogP contribution in [0, 0.1) is 0 Å². The first-order valence-corrected chi connectivity index (χ1v) is 1.96. The van der Waals surface area contributed by atoms with Gasteiger partial charge in [-0.2, -0.15) is 5.11 Å². The second-order valence-electron chi connectivity index (χ2n) is 0.771. The van der Waals surface area contributed by atoms with E-state index in [0.717, 1.165) is 0 Å². The van der Waals surface area contributed by atoms with E-state index in [1.165, 1.54) is 0 Å². The summed E-state index contributed by atoms with van der Waals surface area (Å²) in [4.78, 5) is 0. The van der Waals surface area contributed by atoms with Gasteiger partial charge in [-0.1, -0.05) is 23.2 Å². The van der Waals surface area contributed by atoms with Gasteiger partial charge >= 0.3 is 0 Å². The Bertz CT molecular complexity index is 41.3. The van der Waals surface area contributed by atoms with E-state index >= 15 is 0 Å². The first-order valence-electron chi connectivity index (χ1n) is 1.20. The Kier molecular flexibility index (Phi) is 2.11. The maximum absolute atomic E-state index is 10.9. The zero-order valence-corrected chi connectivity index (χ0v) is 4.26. The monoisotopic (exact) mass is 131 g/mol. The van der Waals surface area contributed by atoms with E-state index in [1.807, 2.05) is 0 Å². The van der Waals surface area contributed by atoms with Crippen LogP contribution in [0.4, 0.5) is 4.39 Å². The highest BCUT2D eigenvalue weighted by atomic mass is 35.5. The van der Waals surface area contributed by atoms with Gasteiger partial charge in [-0.05, 0) is 0 Å². The Hall–Kier alpha value is 0.470. The molecule has 0 rings (SSSR count). The molecule has 0 N–H and O–H groups in total. The van der Waals surface area contributed by atoms with E-state index in [0.29, 0.717) is 0 Å². The molecule has 1 nitrogen and oxygen atoms in total. The summed E-state index contributed by atoms with van der Waals surface area (Å²) in [6.07, 6.45) is 0. The van der Waals surface area contributed by atoms with Crippen LogP contribution in [0.2, 0.25) is 0 Å². The van der Waals surface area contributed by atoms with Crippen LogP contribution in [-0.4, -0.2) is 11.2 Å². The molecule has 0 aliphatic carbocycles. The Morgan fingerprint density at radius 2 is 1.83 bits per heavy atom. The van der Waals surface area contributed by atoms with Crippen molar-refractivity contribution in [1.29, 1.82) is 0 Å². The van der Waals surface area contributed by atoms with E-state index in [4.69, 9.17) is 0 Å². The van der Waals surface area contributed by atoms with Gasteiger partial charge in [0.05, 0.1) is 0 Å². The van der Waals surface area contributed by atoms with Crippen molar-refractivity contribution in [3.05, 3.63) is 0 Å². The molecule has 0 aromatic rings. The predicted molar refractivity (Wildman–Crippen MR) is 21.1 cm³/mol. The van der Waals surface area contributed by atoms with Crippen molar-refractivity contribution < 1.29 is 9.50 Å². The minimum absolute atomic E-state index is 1.25. The number of rotatable bonds is 1. The van der Waals surface area contributed by atoms with Crippen LogP contribution in [-0.2, 0) is 5.11 Å². The molecule has 0 unspecified atom stereocenters. The lowest BCUT2D eigenvalue weighted by molar-refractivity contribution is 0.0954. The molecule has 4 heteroatoms. The fourth-order valence-electron chi connectivity index (χ4n) is 0. The van der Waals surface area contributed by atoms with Crippen LogP contribution in [0.25, 0.3) is 0 Å². The average molecular weight is 132 g/mol. The van der Waals surface area contributed by atoms with Gasteiger partial charge in [0.15, 0.2) is 6.67 Å². The van der Waals surface area contributed by atoms with Gasteiger partial charge in [-0.3, -0.25) is 0 Å². The number of hydrogen-bond donors (Lipinski definition) is 0. The summed E-state index contributed by atoms with van der Waals surface area (Å²) < 4.78 is 8.49. The van der Waals surface area contributed by atoms with Crippen LogP contribution < -0.4 is 0 Å². The predicted octanol–water partition coefficient (Wildman–Crippen LogP) is 1.52. The largest absolute Gasteiger partial charge is 0.278 e. The Labute approximate surface area is 44.7 Å². The van der Waals surface area contributed by atoms with Gasteiger partial charge in [0.25, 0.3) is 4.52 Å². The van der Waals surface area contributed by atoms with Crippen LogP contribution in [0.1, 0.15) is 0 Å². The summed E-state index contributed by atoms with van der Waals surface area (Å²) in [5.74, 6) is 0. The fourth-order valence-corrected chi connectivity index (χ4v) is 0. The van der Waals surface area contributed by atoms with E-state index in [-0.39, 0.29) is 0 Å². The molecule has 0 aromatic heterocycles. The Morgan fingerprint density at radius 1 is 1.67 bits per heavy atom. The number of hydrogen-bond acceptors (Lipinski definition) is 0.